The fourth-order valence-electron chi connectivity index (χ4n) is 3.39. The summed E-state index contributed by atoms with van der Waals surface area (Å²) < 4.78 is 14.8. The average Bonchev–Trinajstić information content (AvgIpc) is 3.10. The van der Waals surface area contributed by atoms with E-state index in [9.17, 15) is 14.0 Å². The van der Waals surface area contributed by atoms with Crippen LogP contribution in [0.1, 0.15) is 33.2 Å². The number of fused-ring (bicyclic) bond motifs is 1. The van der Waals surface area contributed by atoms with Crippen molar-refractivity contribution in [3.05, 3.63) is 71.0 Å². The van der Waals surface area contributed by atoms with Gasteiger partial charge in [-0.1, -0.05) is 19.1 Å². The minimum Gasteiger partial charge on any atom is -0.268 e. The third-order valence-corrected chi connectivity index (χ3v) is 4.59. The normalized spacial score (nSPS) is 13.4. The van der Waals surface area contributed by atoms with E-state index < -0.39 is 0 Å². The Balaban J connectivity index is 1.87. The van der Waals surface area contributed by atoms with Crippen LogP contribution in [0.4, 0.5) is 10.2 Å². The second-order valence-corrected chi connectivity index (χ2v) is 6.13. The molecule has 1 aliphatic heterocycles. The molecule has 0 unspecified atom stereocenters. The lowest BCUT2D eigenvalue weighted by Crippen LogP contribution is -2.32. The highest BCUT2D eigenvalue weighted by atomic mass is 19.1. The monoisotopic (exact) mass is 349 g/mol. The molecule has 1 aromatic heterocycles. The zero-order valence-electron chi connectivity index (χ0n) is 14.4. The fourth-order valence-corrected chi connectivity index (χ4v) is 3.39. The topological polar surface area (TPSA) is 55.2 Å². The van der Waals surface area contributed by atoms with Gasteiger partial charge in [0.1, 0.15) is 11.6 Å². The summed E-state index contributed by atoms with van der Waals surface area (Å²) in [5.74, 6) is -0.579. The molecule has 0 atom stereocenters. The Morgan fingerprint density at radius 3 is 2.08 bits per heavy atom. The largest absolute Gasteiger partial charge is 0.268 e. The molecule has 2 heterocycles. The van der Waals surface area contributed by atoms with Crippen LogP contribution in [0, 0.1) is 5.82 Å². The Labute approximate surface area is 149 Å². The predicted molar refractivity (Wildman–Crippen MR) is 95.6 cm³/mol. The van der Waals surface area contributed by atoms with E-state index >= 15 is 0 Å². The number of hydrogen-bond acceptors (Lipinski definition) is 3. The van der Waals surface area contributed by atoms with Crippen LogP contribution in [0.2, 0.25) is 0 Å². The Hall–Kier alpha value is -3.28. The number of nitrogens with zero attached hydrogens (tertiary/aromatic N) is 3. The second-order valence-electron chi connectivity index (χ2n) is 6.13. The molecule has 0 spiro atoms. The molecule has 0 saturated heterocycles. The SMILES string of the molecule is CCc1c(-c2ccc(F)cc2)nn(C)c1N1C(=O)c2ccccc2C1=O. The van der Waals surface area contributed by atoms with Gasteiger partial charge in [-0.25, -0.2) is 9.29 Å². The second kappa shape index (κ2) is 5.91. The summed E-state index contributed by atoms with van der Waals surface area (Å²) >= 11 is 0. The molecule has 0 fully saturated rings. The molecule has 130 valence electrons. The molecule has 6 heteroatoms. The lowest BCUT2D eigenvalue weighted by molar-refractivity contribution is 0.0923. The van der Waals surface area contributed by atoms with E-state index in [0.717, 1.165) is 11.1 Å². The zero-order valence-corrected chi connectivity index (χ0v) is 14.4. The Morgan fingerprint density at radius 2 is 1.54 bits per heavy atom. The van der Waals surface area contributed by atoms with Gasteiger partial charge in [0.15, 0.2) is 0 Å². The summed E-state index contributed by atoms with van der Waals surface area (Å²) in [7, 11) is 1.70. The lowest BCUT2D eigenvalue weighted by atomic mass is 10.1. The van der Waals surface area contributed by atoms with Crippen molar-refractivity contribution >= 4 is 17.6 Å². The van der Waals surface area contributed by atoms with E-state index in [1.54, 1.807) is 48.1 Å². The zero-order chi connectivity index (χ0) is 18.4. The maximum absolute atomic E-state index is 13.2. The van der Waals surface area contributed by atoms with Crippen LogP contribution in [0.3, 0.4) is 0 Å². The van der Waals surface area contributed by atoms with E-state index in [2.05, 4.69) is 5.10 Å². The number of aryl methyl sites for hydroxylation is 1. The third kappa shape index (κ3) is 2.26. The number of anilines is 1. The summed E-state index contributed by atoms with van der Waals surface area (Å²) in [6.45, 7) is 1.94. The molecule has 0 radical (unpaired) electrons. The molecular weight excluding hydrogens is 333 g/mol. The maximum Gasteiger partial charge on any atom is 0.267 e. The van der Waals surface area contributed by atoms with E-state index in [-0.39, 0.29) is 17.6 Å². The third-order valence-electron chi connectivity index (χ3n) is 4.59. The van der Waals surface area contributed by atoms with E-state index in [1.165, 1.54) is 17.0 Å². The summed E-state index contributed by atoms with van der Waals surface area (Å²) in [6, 6.07) is 12.8. The molecule has 3 aromatic rings. The highest BCUT2D eigenvalue weighted by Gasteiger charge is 2.39. The molecule has 26 heavy (non-hydrogen) atoms. The van der Waals surface area contributed by atoms with Crippen LogP contribution < -0.4 is 4.90 Å². The molecular formula is C20H16FN3O2. The highest BCUT2D eigenvalue weighted by Crippen LogP contribution is 2.35. The lowest BCUT2D eigenvalue weighted by Gasteiger charge is -2.16. The smallest absolute Gasteiger partial charge is 0.267 e. The van der Waals surface area contributed by atoms with Gasteiger partial charge in [0.2, 0.25) is 0 Å². The first-order valence-electron chi connectivity index (χ1n) is 8.32. The van der Waals surface area contributed by atoms with Crippen molar-refractivity contribution in [2.24, 2.45) is 7.05 Å². The van der Waals surface area contributed by atoms with E-state index in [4.69, 9.17) is 0 Å². The van der Waals surface area contributed by atoms with Crippen LogP contribution in [0.15, 0.2) is 48.5 Å². The van der Waals surface area contributed by atoms with Crippen molar-refractivity contribution in [2.75, 3.05) is 4.90 Å². The standard InChI is InChI=1S/C20H16FN3O2/c1-3-14-17(12-8-10-13(21)11-9-12)22-23(2)18(14)24-19(25)15-6-4-5-7-16(15)20(24)26/h4-11H,3H2,1-2H3. The van der Waals surface area contributed by atoms with Crippen molar-refractivity contribution in [2.45, 2.75) is 13.3 Å². The number of amides is 2. The predicted octanol–water partition coefficient (Wildman–Crippen LogP) is 3.59. The molecule has 0 saturated carbocycles. The van der Waals surface area contributed by atoms with Crippen molar-refractivity contribution < 1.29 is 14.0 Å². The van der Waals surface area contributed by atoms with Gasteiger partial charge in [0, 0.05) is 18.2 Å². The van der Waals surface area contributed by atoms with Gasteiger partial charge in [-0.05, 0) is 42.8 Å². The summed E-state index contributed by atoms with van der Waals surface area (Å²) in [6.07, 6.45) is 0.573. The average molecular weight is 349 g/mol. The molecule has 0 bridgehead atoms. The van der Waals surface area contributed by atoms with Gasteiger partial charge in [-0.2, -0.15) is 5.10 Å². The van der Waals surface area contributed by atoms with Crippen LogP contribution >= 0.6 is 0 Å². The van der Waals surface area contributed by atoms with Crippen molar-refractivity contribution in [1.82, 2.24) is 9.78 Å². The van der Waals surface area contributed by atoms with Crippen LogP contribution in [0.25, 0.3) is 11.3 Å². The number of aromatic nitrogens is 2. The molecule has 4 rings (SSSR count). The fraction of sp³-hybridized carbons (Fsp3) is 0.150. The minimum absolute atomic E-state index is 0.330. The van der Waals surface area contributed by atoms with Crippen LogP contribution in [-0.4, -0.2) is 21.6 Å². The van der Waals surface area contributed by atoms with Crippen molar-refractivity contribution in [1.29, 1.82) is 0 Å². The van der Waals surface area contributed by atoms with Gasteiger partial charge in [-0.15, -0.1) is 0 Å². The number of carbonyl (C=O) groups excluding carboxylic acids is 2. The first kappa shape index (κ1) is 16.2. The van der Waals surface area contributed by atoms with Gasteiger partial charge in [0.05, 0.1) is 16.8 Å². The first-order valence-corrected chi connectivity index (χ1v) is 8.32. The van der Waals surface area contributed by atoms with E-state index in [0.29, 0.717) is 29.1 Å². The number of rotatable bonds is 3. The maximum atomic E-state index is 13.2. The number of benzene rings is 2. The Kier molecular flexibility index (Phi) is 3.68. The molecule has 2 aromatic carbocycles. The van der Waals surface area contributed by atoms with Gasteiger partial charge in [-0.3, -0.25) is 14.3 Å². The Morgan fingerprint density at radius 1 is 0.962 bits per heavy atom. The quantitative estimate of drug-likeness (QED) is 0.679. The summed E-state index contributed by atoms with van der Waals surface area (Å²) in [5, 5.41) is 4.51. The van der Waals surface area contributed by atoms with Gasteiger partial charge >= 0.3 is 0 Å². The number of hydrogen-bond donors (Lipinski definition) is 0. The summed E-state index contributed by atoms with van der Waals surface area (Å²) in [5.41, 5.74) is 2.94. The summed E-state index contributed by atoms with van der Waals surface area (Å²) in [4.78, 5) is 26.8. The highest BCUT2D eigenvalue weighted by molar-refractivity contribution is 6.34. The molecule has 5 nitrogen and oxygen atoms in total. The van der Waals surface area contributed by atoms with E-state index in [1.807, 2.05) is 6.92 Å². The number of carbonyl (C=O) groups is 2. The molecule has 0 N–H and O–H groups in total. The van der Waals surface area contributed by atoms with Crippen LogP contribution in [0.5, 0.6) is 0 Å². The number of imide groups is 1. The molecule has 1 aliphatic rings. The van der Waals surface area contributed by atoms with Crippen LogP contribution in [-0.2, 0) is 13.5 Å². The molecule has 2 amide bonds. The van der Waals surface area contributed by atoms with Crippen molar-refractivity contribution in [3.63, 3.8) is 0 Å². The first-order chi connectivity index (χ1) is 12.5. The number of halogens is 1. The minimum atomic E-state index is -0.353. The Bertz CT molecular complexity index is 1000. The van der Waals surface area contributed by atoms with Gasteiger partial charge in [0.25, 0.3) is 11.8 Å². The van der Waals surface area contributed by atoms with Crippen molar-refractivity contribution in [3.8, 4) is 11.3 Å². The van der Waals surface area contributed by atoms with Gasteiger partial charge < -0.3 is 0 Å². The molecule has 0 aliphatic carbocycles.